The molecule has 0 aliphatic carbocycles. The van der Waals surface area contributed by atoms with Crippen LogP contribution in [-0.4, -0.2) is 49.1 Å². The van der Waals surface area contributed by atoms with Gasteiger partial charge in [-0.05, 0) is 39.3 Å². The number of carbonyl (C=O) groups is 1. The Morgan fingerprint density at radius 3 is 2.59 bits per heavy atom. The van der Waals surface area contributed by atoms with E-state index in [0.29, 0.717) is 30.5 Å². The molecule has 1 unspecified atom stereocenters. The lowest BCUT2D eigenvalue weighted by Crippen LogP contribution is -2.42. The van der Waals surface area contributed by atoms with Crippen LogP contribution in [0, 0.1) is 13.8 Å². The average Bonchev–Trinajstić information content (AvgIpc) is 3.11. The summed E-state index contributed by atoms with van der Waals surface area (Å²) in [5.41, 5.74) is 3.54. The molecule has 0 spiro atoms. The molecule has 0 saturated heterocycles. The lowest BCUT2D eigenvalue weighted by atomic mass is 10.2. The predicted octanol–water partition coefficient (Wildman–Crippen LogP) is 3.13. The Hall–Kier alpha value is -1.88. The highest BCUT2D eigenvalue weighted by molar-refractivity contribution is 14.0. The third-order valence-corrected chi connectivity index (χ3v) is 4.85. The number of para-hydroxylation sites is 1. The molecule has 0 aliphatic heterocycles. The van der Waals surface area contributed by atoms with E-state index >= 15 is 0 Å². The van der Waals surface area contributed by atoms with E-state index in [4.69, 9.17) is 4.74 Å². The predicted molar refractivity (Wildman–Crippen MR) is 130 cm³/mol. The molecular formula is C20H30IN5O2S. The van der Waals surface area contributed by atoms with Crippen LogP contribution in [0.5, 0.6) is 5.75 Å². The van der Waals surface area contributed by atoms with Gasteiger partial charge in [0.15, 0.2) is 5.96 Å². The first-order valence-electron chi connectivity index (χ1n) is 9.44. The second-order valence-electron chi connectivity index (χ2n) is 6.36. The van der Waals surface area contributed by atoms with Gasteiger partial charge in [0.2, 0.25) is 0 Å². The standard InChI is InChI=1S/C20H29N5O2S.HI/c1-5-21-20(23-11-10-22-19(26)18-16(4)25-13-28-18)24-12-15(3)27-17-9-7-6-8-14(17)2;/h6-9,13,15H,5,10-12H2,1-4H3,(H,22,26)(H2,21,23,24);1H. The van der Waals surface area contributed by atoms with E-state index in [9.17, 15) is 4.79 Å². The summed E-state index contributed by atoms with van der Waals surface area (Å²) in [6, 6.07) is 7.95. The van der Waals surface area contributed by atoms with Crippen LogP contribution >= 0.6 is 35.3 Å². The zero-order chi connectivity index (χ0) is 20.4. The number of nitrogens with one attached hydrogen (secondary N) is 3. The zero-order valence-electron chi connectivity index (χ0n) is 17.3. The number of rotatable bonds is 9. The lowest BCUT2D eigenvalue weighted by molar-refractivity contribution is 0.0957. The Labute approximate surface area is 193 Å². The topological polar surface area (TPSA) is 87.6 Å². The van der Waals surface area contributed by atoms with Gasteiger partial charge in [0, 0.05) is 19.6 Å². The first-order valence-corrected chi connectivity index (χ1v) is 10.3. The molecule has 2 rings (SSSR count). The van der Waals surface area contributed by atoms with E-state index in [1.807, 2.05) is 52.0 Å². The molecule has 1 aromatic heterocycles. The number of ether oxygens (including phenoxy) is 1. The highest BCUT2D eigenvalue weighted by Crippen LogP contribution is 2.17. The molecule has 0 fully saturated rings. The second-order valence-corrected chi connectivity index (χ2v) is 7.22. The number of nitrogens with zero attached hydrogens (tertiary/aromatic N) is 2. The third kappa shape index (κ3) is 8.57. The molecule has 0 saturated carbocycles. The van der Waals surface area contributed by atoms with Gasteiger partial charge in [0.05, 0.1) is 17.7 Å². The summed E-state index contributed by atoms with van der Waals surface area (Å²) >= 11 is 1.35. The molecule has 160 valence electrons. The number of halogens is 1. The van der Waals surface area contributed by atoms with Gasteiger partial charge >= 0.3 is 0 Å². The van der Waals surface area contributed by atoms with Crippen LogP contribution in [0.3, 0.4) is 0 Å². The highest BCUT2D eigenvalue weighted by atomic mass is 127. The minimum Gasteiger partial charge on any atom is -0.489 e. The number of hydrogen-bond acceptors (Lipinski definition) is 5. The van der Waals surface area contributed by atoms with E-state index in [-0.39, 0.29) is 36.0 Å². The quantitative estimate of drug-likeness (QED) is 0.200. The Kier molecular flexibility index (Phi) is 11.6. The molecule has 29 heavy (non-hydrogen) atoms. The largest absolute Gasteiger partial charge is 0.489 e. The minimum absolute atomic E-state index is 0. The first kappa shape index (κ1) is 25.2. The molecule has 0 bridgehead atoms. The Morgan fingerprint density at radius 1 is 1.21 bits per heavy atom. The number of carbonyl (C=O) groups excluding carboxylic acids is 1. The molecule has 9 heteroatoms. The second kappa shape index (κ2) is 13.4. The number of aromatic nitrogens is 1. The van der Waals surface area contributed by atoms with Crippen LogP contribution in [0.25, 0.3) is 0 Å². The molecule has 1 heterocycles. The Morgan fingerprint density at radius 2 is 1.93 bits per heavy atom. The SMILES string of the molecule is CCNC(=NCC(C)Oc1ccccc1C)NCCNC(=O)c1scnc1C.I. The van der Waals surface area contributed by atoms with Crippen molar-refractivity contribution in [2.75, 3.05) is 26.2 Å². The number of hydrogen-bond donors (Lipinski definition) is 3. The third-order valence-electron chi connectivity index (χ3n) is 3.93. The number of amides is 1. The summed E-state index contributed by atoms with van der Waals surface area (Å²) in [5, 5.41) is 9.31. The summed E-state index contributed by atoms with van der Waals surface area (Å²) in [7, 11) is 0. The van der Waals surface area contributed by atoms with Gasteiger partial charge in [-0.2, -0.15) is 0 Å². The summed E-state index contributed by atoms with van der Waals surface area (Å²) in [4.78, 5) is 21.4. The molecule has 2 aromatic rings. The van der Waals surface area contributed by atoms with Gasteiger partial charge in [-0.15, -0.1) is 35.3 Å². The van der Waals surface area contributed by atoms with Crippen molar-refractivity contribution in [1.82, 2.24) is 20.9 Å². The summed E-state index contributed by atoms with van der Waals surface area (Å²) in [6.45, 7) is 10.2. The minimum atomic E-state index is -0.0935. The maximum absolute atomic E-state index is 12.1. The molecule has 0 aliphatic rings. The zero-order valence-corrected chi connectivity index (χ0v) is 20.5. The molecule has 1 aromatic carbocycles. The summed E-state index contributed by atoms with van der Waals surface area (Å²) in [6.07, 6.45) is -0.0504. The van der Waals surface area contributed by atoms with E-state index in [1.165, 1.54) is 11.3 Å². The van der Waals surface area contributed by atoms with Crippen molar-refractivity contribution < 1.29 is 9.53 Å². The lowest BCUT2D eigenvalue weighted by Gasteiger charge is -2.16. The van der Waals surface area contributed by atoms with Crippen LogP contribution in [0.15, 0.2) is 34.8 Å². The van der Waals surface area contributed by atoms with Gasteiger partial charge < -0.3 is 20.7 Å². The van der Waals surface area contributed by atoms with Crippen LogP contribution in [0.1, 0.15) is 34.8 Å². The van der Waals surface area contributed by atoms with Crippen molar-refractivity contribution >= 4 is 47.2 Å². The molecular weight excluding hydrogens is 501 g/mol. The van der Waals surface area contributed by atoms with E-state index in [2.05, 4.69) is 25.9 Å². The fraction of sp³-hybridized carbons (Fsp3) is 0.450. The summed E-state index contributed by atoms with van der Waals surface area (Å²) in [5.74, 6) is 1.49. The molecule has 1 amide bonds. The average molecular weight is 531 g/mol. The Balaban J connectivity index is 0.00000420. The first-order chi connectivity index (χ1) is 13.5. The van der Waals surface area contributed by atoms with Crippen LogP contribution in [0.2, 0.25) is 0 Å². The van der Waals surface area contributed by atoms with E-state index in [1.54, 1.807) is 5.51 Å². The monoisotopic (exact) mass is 531 g/mol. The van der Waals surface area contributed by atoms with Crippen LogP contribution in [-0.2, 0) is 0 Å². The van der Waals surface area contributed by atoms with E-state index < -0.39 is 0 Å². The molecule has 3 N–H and O–H groups in total. The highest BCUT2D eigenvalue weighted by Gasteiger charge is 2.11. The molecule has 7 nitrogen and oxygen atoms in total. The Bertz CT molecular complexity index is 797. The van der Waals surface area contributed by atoms with Crippen LogP contribution in [0.4, 0.5) is 0 Å². The summed E-state index contributed by atoms with van der Waals surface area (Å²) < 4.78 is 5.96. The molecule has 0 radical (unpaired) electrons. The van der Waals surface area contributed by atoms with Crippen molar-refractivity contribution in [2.24, 2.45) is 4.99 Å². The smallest absolute Gasteiger partial charge is 0.263 e. The van der Waals surface area contributed by atoms with E-state index in [0.717, 1.165) is 23.6 Å². The van der Waals surface area contributed by atoms with Gasteiger partial charge in [0.25, 0.3) is 5.91 Å². The van der Waals surface area contributed by atoms with Crippen molar-refractivity contribution in [3.8, 4) is 5.75 Å². The van der Waals surface area contributed by atoms with Crippen molar-refractivity contribution in [3.05, 3.63) is 45.9 Å². The van der Waals surface area contributed by atoms with Gasteiger partial charge in [-0.25, -0.2) is 9.98 Å². The molecule has 1 atom stereocenters. The van der Waals surface area contributed by atoms with Crippen molar-refractivity contribution in [3.63, 3.8) is 0 Å². The number of thiazole rings is 1. The normalized spacial score (nSPS) is 11.9. The maximum Gasteiger partial charge on any atom is 0.263 e. The fourth-order valence-electron chi connectivity index (χ4n) is 2.46. The van der Waals surface area contributed by atoms with Crippen molar-refractivity contribution in [1.29, 1.82) is 0 Å². The number of benzene rings is 1. The maximum atomic E-state index is 12.1. The fourth-order valence-corrected chi connectivity index (χ4v) is 3.18. The number of aliphatic imine (C=N–C) groups is 1. The van der Waals surface area contributed by atoms with Gasteiger partial charge in [-0.3, -0.25) is 4.79 Å². The van der Waals surface area contributed by atoms with Gasteiger partial charge in [0.1, 0.15) is 16.7 Å². The van der Waals surface area contributed by atoms with Gasteiger partial charge in [-0.1, -0.05) is 18.2 Å². The number of aryl methyl sites for hydroxylation is 2. The van der Waals surface area contributed by atoms with Crippen LogP contribution < -0.4 is 20.7 Å². The van der Waals surface area contributed by atoms with Crippen molar-refractivity contribution in [2.45, 2.75) is 33.8 Å². The number of guanidine groups is 1.